The van der Waals surface area contributed by atoms with Crippen molar-refractivity contribution in [3.8, 4) is 0 Å². The van der Waals surface area contributed by atoms with Crippen LogP contribution in [0.1, 0.15) is 25.7 Å². The van der Waals surface area contributed by atoms with E-state index >= 15 is 0 Å². The zero-order valence-corrected chi connectivity index (χ0v) is 7.25. The van der Waals surface area contributed by atoms with Gasteiger partial charge in [-0.15, -0.1) is 0 Å². The summed E-state index contributed by atoms with van der Waals surface area (Å²) in [6, 6.07) is -0.404. The monoisotopic (exact) mass is 171 g/mol. The molecule has 5 N–H and O–H groups in total. The summed E-state index contributed by atoms with van der Waals surface area (Å²) in [7, 11) is 0. The van der Waals surface area contributed by atoms with Crippen molar-refractivity contribution in [2.45, 2.75) is 31.7 Å². The molecule has 0 aliphatic carbocycles. The molecule has 0 aromatic heterocycles. The number of nitrogens with one attached hydrogen (secondary N) is 1. The van der Waals surface area contributed by atoms with Crippen LogP contribution in [0.3, 0.4) is 0 Å². The highest BCUT2D eigenvalue weighted by Gasteiger charge is 2.10. The molecule has 0 heterocycles. The fourth-order valence-corrected chi connectivity index (χ4v) is 0.922. The molecule has 0 fully saturated rings. The topological polar surface area (TPSA) is 93.0 Å². The van der Waals surface area contributed by atoms with E-state index in [0.29, 0.717) is 13.0 Å². The van der Waals surface area contributed by atoms with Gasteiger partial charge in [-0.05, 0) is 19.4 Å². The fourth-order valence-electron chi connectivity index (χ4n) is 0.922. The second kappa shape index (κ2) is 6.94. The maximum atomic E-state index is 11.0. The number of carbonyl (C=O) groups excluding carboxylic acids is 1. The minimum Gasteiger partial charge on any atom is -0.330 e. The zero-order chi connectivity index (χ0) is 9.40. The van der Waals surface area contributed by atoms with Gasteiger partial charge in [-0.2, -0.15) is 0 Å². The Balaban J connectivity index is 3.49. The van der Waals surface area contributed by atoms with Crippen LogP contribution in [0.15, 0.2) is 0 Å². The van der Waals surface area contributed by atoms with E-state index < -0.39 is 6.04 Å². The summed E-state index contributed by atoms with van der Waals surface area (Å²) in [5, 5.41) is 6.72. The largest absolute Gasteiger partial charge is 0.330 e. The van der Waals surface area contributed by atoms with Gasteiger partial charge >= 0.3 is 0 Å². The molecule has 0 bridgehead atoms. The average molecular weight is 171 g/mol. The number of hydrogen-bond donors (Lipinski definition) is 3. The van der Waals surface area contributed by atoms with Gasteiger partial charge in [-0.3, -0.25) is 4.79 Å². The molecule has 0 spiro atoms. The predicted molar refractivity (Wildman–Crippen MR) is 49.3 cm³/mol. The quantitative estimate of drug-likeness (QED) is 0.373. The van der Waals surface area contributed by atoms with Crippen molar-refractivity contribution in [2.75, 3.05) is 6.54 Å². The van der Waals surface area contributed by atoms with Crippen LogP contribution in [0.2, 0.25) is 0 Å². The van der Waals surface area contributed by atoms with Crippen LogP contribution in [0.25, 0.3) is 0 Å². The molecular weight excluding hydrogens is 154 g/mol. The molecule has 0 aliphatic rings. The van der Waals surface area contributed by atoms with E-state index in [1.165, 1.54) is 0 Å². The third kappa shape index (κ3) is 4.98. The van der Waals surface area contributed by atoms with Crippen molar-refractivity contribution in [1.82, 2.24) is 0 Å². The third-order valence-corrected chi connectivity index (χ3v) is 1.69. The molecule has 0 saturated heterocycles. The van der Waals surface area contributed by atoms with Crippen molar-refractivity contribution in [3.05, 3.63) is 0 Å². The first-order chi connectivity index (χ1) is 5.72. The summed E-state index contributed by atoms with van der Waals surface area (Å²) in [5.74, 6) is -0.0537. The number of rotatable bonds is 7. The molecule has 0 unspecified atom stereocenters. The van der Waals surface area contributed by atoms with Crippen LogP contribution in [0.4, 0.5) is 0 Å². The van der Waals surface area contributed by atoms with Crippen LogP contribution in [-0.4, -0.2) is 24.6 Å². The van der Waals surface area contributed by atoms with Crippen LogP contribution in [-0.2, 0) is 4.79 Å². The number of Topliss-reactive ketones (excluding diaryl/α,β-unsaturated/α-hetero) is 1. The van der Waals surface area contributed by atoms with Crippen molar-refractivity contribution in [2.24, 2.45) is 11.5 Å². The average Bonchev–Trinajstić information content (AvgIpc) is 2.05. The summed E-state index contributed by atoms with van der Waals surface area (Å²) in [6.45, 7) is 0.644. The number of ketones is 1. The fraction of sp³-hybridized carbons (Fsp3) is 0.750. The van der Waals surface area contributed by atoms with Gasteiger partial charge in [0.05, 0.1) is 6.04 Å². The molecule has 12 heavy (non-hydrogen) atoms. The van der Waals surface area contributed by atoms with E-state index in [1.54, 1.807) is 0 Å². The lowest BCUT2D eigenvalue weighted by atomic mass is 10.0. The Bertz CT molecular complexity index is 147. The van der Waals surface area contributed by atoms with Crippen molar-refractivity contribution in [1.29, 1.82) is 5.41 Å². The first-order valence-electron chi connectivity index (χ1n) is 4.19. The first kappa shape index (κ1) is 11.3. The van der Waals surface area contributed by atoms with Crippen LogP contribution >= 0.6 is 0 Å². The summed E-state index contributed by atoms with van der Waals surface area (Å²) in [5.41, 5.74) is 10.8. The molecule has 0 rings (SSSR count). The number of unbranched alkanes of at least 4 members (excludes halogenated alkanes) is 1. The van der Waals surface area contributed by atoms with E-state index in [2.05, 4.69) is 0 Å². The van der Waals surface area contributed by atoms with E-state index in [4.69, 9.17) is 16.9 Å². The molecule has 0 aliphatic heterocycles. The Morgan fingerprint density at radius 1 is 1.50 bits per heavy atom. The van der Waals surface area contributed by atoms with Crippen LogP contribution < -0.4 is 11.5 Å². The molecule has 0 aromatic rings. The van der Waals surface area contributed by atoms with Gasteiger partial charge in [0.1, 0.15) is 0 Å². The van der Waals surface area contributed by atoms with Crippen LogP contribution in [0, 0.1) is 5.41 Å². The molecule has 0 amide bonds. The van der Waals surface area contributed by atoms with E-state index in [1.807, 2.05) is 0 Å². The summed E-state index contributed by atoms with van der Waals surface area (Å²) in [4.78, 5) is 11.0. The Labute approximate surface area is 72.8 Å². The molecule has 0 saturated carbocycles. The lowest BCUT2D eigenvalue weighted by molar-refractivity contribution is -0.119. The van der Waals surface area contributed by atoms with Crippen LogP contribution in [0.5, 0.6) is 0 Å². The van der Waals surface area contributed by atoms with E-state index in [0.717, 1.165) is 19.1 Å². The van der Waals surface area contributed by atoms with Gasteiger partial charge < -0.3 is 16.9 Å². The molecular formula is C8H17N3O. The number of nitrogens with two attached hydrogens (primary N) is 2. The van der Waals surface area contributed by atoms with E-state index in [9.17, 15) is 4.79 Å². The minimum atomic E-state index is -0.404. The maximum Gasteiger partial charge on any atom is 0.154 e. The minimum absolute atomic E-state index is 0.0537. The maximum absolute atomic E-state index is 11.0. The molecule has 1 atom stereocenters. The van der Waals surface area contributed by atoms with Gasteiger partial charge in [0.15, 0.2) is 5.78 Å². The standard InChI is InChI=1S/C8H17N3O/c9-5-2-1-3-7(11)8(12)4-6-10/h6-7,10H,1-5,9,11H2/t7-/m0/s1. The smallest absolute Gasteiger partial charge is 0.154 e. The van der Waals surface area contributed by atoms with Crippen molar-refractivity contribution >= 4 is 12.0 Å². The summed E-state index contributed by atoms with van der Waals surface area (Å²) < 4.78 is 0. The zero-order valence-electron chi connectivity index (χ0n) is 7.25. The third-order valence-electron chi connectivity index (χ3n) is 1.69. The van der Waals surface area contributed by atoms with Gasteiger partial charge in [0.2, 0.25) is 0 Å². The number of carbonyl (C=O) groups is 1. The highest BCUT2D eigenvalue weighted by atomic mass is 16.1. The molecule has 4 nitrogen and oxygen atoms in total. The van der Waals surface area contributed by atoms with Gasteiger partial charge in [-0.25, -0.2) is 0 Å². The lowest BCUT2D eigenvalue weighted by Crippen LogP contribution is -2.30. The molecule has 0 aromatic carbocycles. The second-order valence-corrected chi connectivity index (χ2v) is 2.77. The highest BCUT2D eigenvalue weighted by molar-refractivity contribution is 5.93. The highest BCUT2D eigenvalue weighted by Crippen LogP contribution is 2.00. The predicted octanol–water partition coefficient (Wildman–Crippen LogP) is 0.0515. The Morgan fingerprint density at radius 3 is 2.67 bits per heavy atom. The van der Waals surface area contributed by atoms with E-state index in [-0.39, 0.29) is 12.2 Å². The Kier molecular flexibility index (Phi) is 6.51. The van der Waals surface area contributed by atoms with Gasteiger partial charge in [0, 0.05) is 12.6 Å². The second-order valence-electron chi connectivity index (χ2n) is 2.77. The van der Waals surface area contributed by atoms with Gasteiger partial charge in [0.25, 0.3) is 0 Å². The van der Waals surface area contributed by atoms with Gasteiger partial charge in [-0.1, -0.05) is 6.42 Å². The van der Waals surface area contributed by atoms with Crippen molar-refractivity contribution < 1.29 is 4.79 Å². The first-order valence-corrected chi connectivity index (χ1v) is 4.19. The Hall–Kier alpha value is -0.740. The summed E-state index contributed by atoms with van der Waals surface area (Å²) >= 11 is 0. The normalized spacial score (nSPS) is 12.5. The van der Waals surface area contributed by atoms with Crippen molar-refractivity contribution in [3.63, 3.8) is 0 Å². The molecule has 0 radical (unpaired) electrons. The molecule has 70 valence electrons. The lowest BCUT2D eigenvalue weighted by Gasteiger charge is -2.07. The molecule has 4 heteroatoms. The SMILES string of the molecule is N=CCC(=O)[C@@H](N)CCCCN. The Morgan fingerprint density at radius 2 is 2.17 bits per heavy atom. The number of hydrogen-bond acceptors (Lipinski definition) is 4. The summed E-state index contributed by atoms with van der Waals surface area (Å²) in [6.07, 6.45) is 3.73.